The number of amides is 1. The van der Waals surface area contributed by atoms with E-state index >= 15 is 0 Å². The molecule has 1 aromatic heterocycles. The molecular weight excluding hydrogens is 346 g/mol. The minimum absolute atomic E-state index is 0.189. The van der Waals surface area contributed by atoms with Crippen molar-refractivity contribution >= 4 is 12.0 Å². The van der Waals surface area contributed by atoms with Gasteiger partial charge in [-0.3, -0.25) is 14.2 Å². The molecule has 138 valence electrons. The number of methoxy groups -OCH3 is 1. The van der Waals surface area contributed by atoms with Crippen molar-refractivity contribution in [2.45, 2.75) is 25.1 Å². The minimum Gasteiger partial charge on any atom is -0.446 e. The molecule has 2 aliphatic rings. The van der Waals surface area contributed by atoms with Gasteiger partial charge in [0.1, 0.15) is 11.6 Å². The zero-order valence-electron chi connectivity index (χ0n) is 15.0. The van der Waals surface area contributed by atoms with E-state index in [1.165, 1.54) is 17.9 Å². The molecule has 0 saturated carbocycles. The van der Waals surface area contributed by atoms with Crippen LogP contribution in [0.25, 0.3) is 6.08 Å². The number of carbonyl (C=O) groups excluding carboxylic acids is 1. The van der Waals surface area contributed by atoms with Crippen molar-refractivity contribution in [2.24, 2.45) is 0 Å². The SMILES string of the molecule is COC1(Cc2ccccc2)NC(=O)C(C)n2c1nc1c(c2=O)C=CC=CO1. The van der Waals surface area contributed by atoms with E-state index in [-0.39, 0.29) is 17.3 Å². The molecule has 4 rings (SSSR count). The van der Waals surface area contributed by atoms with Gasteiger partial charge in [-0.15, -0.1) is 0 Å². The lowest BCUT2D eigenvalue weighted by Gasteiger charge is -2.40. The predicted molar refractivity (Wildman–Crippen MR) is 99.0 cm³/mol. The first-order chi connectivity index (χ1) is 13.1. The Morgan fingerprint density at radius 1 is 1.26 bits per heavy atom. The zero-order chi connectivity index (χ0) is 19.0. The first-order valence-corrected chi connectivity index (χ1v) is 8.64. The molecule has 0 spiro atoms. The largest absolute Gasteiger partial charge is 0.446 e. The van der Waals surface area contributed by atoms with Crippen LogP contribution in [0.1, 0.15) is 29.9 Å². The fourth-order valence-corrected chi connectivity index (χ4v) is 3.40. The maximum absolute atomic E-state index is 13.2. The summed E-state index contributed by atoms with van der Waals surface area (Å²) in [7, 11) is 1.49. The maximum Gasteiger partial charge on any atom is 0.265 e. The molecule has 2 aromatic rings. The van der Waals surface area contributed by atoms with Crippen molar-refractivity contribution in [3.05, 3.63) is 76.1 Å². The van der Waals surface area contributed by atoms with E-state index in [1.54, 1.807) is 25.2 Å². The molecule has 2 unspecified atom stereocenters. The van der Waals surface area contributed by atoms with E-state index in [1.807, 2.05) is 30.3 Å². The summed E-state index contributed by atoms with van der Waals surface area (Å²) >= 11 is 0. The Hall–Kier alpha value is -3.19. The summed E-state index contributed by atoms with van der Waals surface area (Å²) in [6.07, 6.45) is 6.78. The van der Waals surface area contributed by atoms with Gasteiger partial charge in [0, 0.05) is 13.5 Å². The summed E-state index contributed by atoms with van der Waals surface area (Å²) in [4.78, 5) is 30.4. The topological polar surface area (TPSA) is 82.5 Å². The molecule has 1 aromatic carbocycles. The summed E-state index contributed by atoms with van der Waals surface area (Å²) in [5.74, 6) is 0.197. The molecule has 0 bridgehead atoms. The third kappa shape index (κ3) is 2.76. The standard InChI is InChI=1S/C20H19N3O4/c1-13-16(24)22-20(26-2,12-14-8-4-3-5-9-14)19-21-17-15(18(25)23(13)19)10-6-7-11-27-17/h3-11,13H,12H2,1-2H3,(H,22,24). The van der Waals surface area contributed by atoms with Gasteiger partial charge >= 0.3 is 0 Å². The van der Waals surface area contributed by atoms with Gasteiger partial charge in [0.25, 0.3) is 5.56 Å². The number of carbonyl (C=O) groups is 1. The number of ether oxygens (including phenoxy) is 2. The number of hydrogen-bond acceptors (Lipinski definition) is 5. The lowest BCUT2D eigenvalue weighted by atomic mass is 9.97. The molecule has 7 nitrogen and oxygen atoms in total. The highest BCUT2D eigenvalue weighted by Crippen LogP contribution is 2.33. The lowest BCUT2D eigenvalue weighted by Crippen LogP contribution is -2.59. The van der Waals surface area contributed by atoms with E-state index in [0.29, 0.717) is 17.8 Å². The van der Waals surface area contributed by atoms with Crippen LogP contribution in [0.4, 0.5) is 0 Å². The maximum atomic E-state index is 13.2. The van der Waals surface area contributed by atoms with Crippen LogP contribution in [0.5, 0.6) is 5.88 Å². The van der Waals surface area contributed by atoms with Gasteiger partial charge in [0.2, 0.25) is 17.5 Å². The Morgan fingerprint density at radius 3 is 2.78 bits per heavy atom. The number of rotatable bonds is 3. The smallest absolute Gasteiger partial charge is 0.265 e. The van der Waals surface area contributed by atoms with Crippen LogP contribution in [0.15, 0.2) is 53.5 Å². The Bertz CT molecular complexity index is 1010. The van der Waals surface area contributed by atoms with Crippen molar-refractivity contribution in [1.29, 1.82) is 0 Å². The molecule has 0 saturated heterocycles. The van der Waals surface area contributed by atoms with E-state index in [9.17, 15) is 9.59 Å². The Kier molecular flexibility index (Phi) is 4.16. The van der Waals surface area contributed by atoms with Gasteiger partial charge in [-0.05, 0) is 24.6 Å². The fourth-order valence-electron chi connectivity index (χ4n) is 3.40. The first-order valence-electron chi connectivity index (χ1n) is 8.64. The molecule has 0 aliphatic carbocycles. The summed E-state index contributed by atoms with van der Waals surface area (Å²) in [6.45, 7) is 1.66. The second-order valence-electron chi connectivity index (χ2n) is 6.49. The van der Waals surface area contributed by atoms with Gasteiger partial charge in [0.05, 0.1) is 6.26 Å². The summed E-state index contributed by atoms with van der Waals surface area (Å²) < 4.78 is 12.7. The molecule has 1 amide bonds. The molecule has 1 N–H and O–H groups in total. The van der Waals surface area contributed by atoms with Gasteiger partial charge in [-0.1, -0.05) is 36.4 Å². The van der Waals surface area contributed by atoms with E-state index in [4.69, 9.17) is 9.47 Å². The molecule has 7 heteroatoms. The molecular formula is C20H19N3O4. The van der Waals surface area contributed by atoms with Gasteiger partial charge in [0.15, 0.2) is 5.82 Å². The number of nitrogens with one attached hydrogen (secondary N) is 1. The van der Waals surface area contributed by atoms with Crippen LogP contribution in [0.3, 0.4) is 0 Å². The molecule has 3 heterocycles. The highest BCUT2D eigenvalue weighted by molar-refractivity contribution is 5.82. The highest BCUT2D eigenvalue weighted by atomic mass is 16.5. The van der Waals surface area contributed by atoms with Crippen molar-refractivity contribution < 1.29 is 14.3 Å². The highest BCUT2D eigenvalue weighted by Gasteiger charge is 2.46. The summed E-state index contributed by atoms with van der Waals surface area (Å²) in [5.41, 5.74) is -0.380. The van der Waals surface area contributed by atoms with Crippen LogP contribution in [-0.4, -0.2) is 22.6 Å². The monoisotopic (exact) mass is 365 g/mol. The first kappa shape index (κ1) is 17.2. The Balaban J connectivity index is 1.96. The number of allylic oxidation sites excluding steroid dienone is 2. The van der Waals surface area contributed by atoms with Crippen LogP contribution >= 0.6 is 0 Å². The fraction of sp³-hybridized carbons (Fsp3) is 0.250. The lowest BCUT2D eigenvalue weighted by molar-refractivity contribution is -0.142. The average Bonchev–Trinajstić information content (AvgIpc) is 2.92. The van der Waals surface area contributed by atoms with E-state index in [0.717, 1.165) is 5.56 Å². The minimum atomic E-state index is -1.28. The molecule has 27 heavy (non-hydrogen) atoms. The van der Waals surface area contributed by atoms with Gasteiger partial charge < -0.3 is 14.8 Å². The summed E-state index contributed by atoms with van der Waals surface area (Å²) in [6, 6.07) is 8.87. The normalized spacial score (nSPS) is 23.0. The number of benzene rings is 1. The van der Waals surface area contributed by atoms with Crippen molar-refractivity contribution in [2.75, 3.05) is 7.11 Å². The predicted octanol–water partition coefficient (Wildman–Crippen LogP) is 1.90. The molecule has 0 radical (unpaired) electrons. The van der Waals surface area contributed by atoms with Crippen LogP contribution in [-0.2, 0) is 21.7 Å². The van der Waals surface area contributed by atoms with E-state index < -0.39 is 11.8 Å². The zero-order valence-corrected chi connectivity index (χ0v) is 15.0. The molecule has 2 aliphatic heterocycles. The number of fused-ring (bicyclic) bond motifs is 2. The van der Waals surface area contributed by atoms with Crippen molar-refractivity contribution in [3.63, 3.8) is 0 Å². The molecule has 2 atom stereocenters. The summed E-state index contributed by atoms with van der Waals surface area (Å²) in [5, 5.41) is 2.91. The van der Waals surface area contributed by atoms with E-state index in [2.05, 4.69) is 10.3 Å². The second-order valence-corrected chi connectivity index (χ2v) is 6.49. The van der Waals surface area contributed by atoms with Crippen LogP contribution in [0.2, 0.25) is 0 Å². The van der Waals surface area contributed by atoms with Gasteiger partial charge in [-0.2, -0.15) is 4.98 Å². The van der Waals surface area contributed by atoms with Crippen molar-refractivity contribution in [3.8, 4) is 5.88 Å². The second kappa shape index (κ2) is 6.51. The Labute approximate surface area is 155 Å². The third-order valence-electron chi connectivity index (χ3n) is 4.84. The Morgan fingerprint density at radius 2 is 2.04 bits per heavy atom. The molecule has 0 fully saturated rings. The number of nitrogens with zero attached hydrogens (tertiary/aromatic N) is 2. The quantitative estimate of drug-likeness (QED) is 0.898. The van der Waals surface area contributed by atoms with Crippen LogP contribution in [0, 0.1) is 0 Å². The van der Waals surface area contributed by atoms with Crippen LogP contribution < -0.4 is 15.6 Å². The average molecular weight is 365 g/mol. The number of hydrogen-bond donors (Lipinski definition) is 1. The third-order valence-corrected chi connectivity index (χ3v) is 4.84. The van der Waals surface area contributed by atoms with Crippen molar-refractivity contribution in [1.82, 2.24) is 14.9 Å². The number of aromatic nitrogens is 2. The van der Waals surface area contributed by atoms with Gasteiger partial charge in [-0.25, -0.2) is 0 Å².